The van der Waals surface area contributed by atoms with Crippen LogP contribution in [0.5, 0.6) is 0 Å². The van der Waals surface area contributed by atoms with Gasteiger partial charge in [-0.25, -0.2) is 0 Å². The van der Waals surface area contributed by atoms with Crippen molar-refractivity contribution in [2.75, 3.05) is 26.2 Å². The van der Waals surface area contributed by atoms with Gasteiger partial charge >= 0.3 is 0 Å². The summed E-state index contributed by atoms with van der Waals surface area (Å²) in [7, 11) is 0. The van der Waals surface area contributed by atoms with Gasteiger partial charge in [-0.05, 0) is 53.0 Å². The third-order valence-electron chi connectivity index (χ3n) is 4.18. The molecule has 3 atom stereocenters. The highest BCUT2D eigenvalue weighted by Crippen LogP contribution is 2.24. The predicted molar refractivity (Wildman–Crippen MR) is 77.3 cm³/mol. The standard InChI is InChI=1S/C15H30N2O2/c1-12-9-17(10-13(2)19-12)8-4-7-15(3,11-18)16-14-5-6-14/h12-14,16,18H,4-11H2,1-3H3/t12-,13+,15?. The summed E-state index contributed by atoms with van der Waals surface area (Å²) >= 11 is 0. The molecule has 0 bridgehead atoms. The van der Waals surface area contributed by atoms with E-state index in [9.17, 15) is 5.11 Å². The lowest BCUT2D eigenvalue weighted by Crippen LogP contribution is -2.48. The number of nitrogens with one attached hydrogen (secondary N) is 1. The minimum absolute atomic E-state index is 0.0926. The van der Waals surface area contributed by atoms with Gasteiger partial charge in [-0.3, -0.25) is 4.90 Å². The van der Waals surface area contributed by atoms with Gasteiger partial charge in [-0.15, -0.1) is 0 Å². The van der Waals surface area contributed by atoms with Crippen LogP contribution in [0.15, 0.2) is 0 Å². The molecule has 19 heavy (non-hydrogen) atoms. The van der Waals surface area contributed by atoms with E-state index in [1.54, 1.807) is 0 Å². The monoisotopic (exact) mass is 270 g/mol. The van der Waals surface area contributed by atoms with Crippen molar-refractivity contribution in [2.45, 2.75) is 70.2 Å². The Balaban J connectivity index is 1.69. The fraction of sp³-hybridized carbons (Fsp3) is 1.00. The van der Waals surface area contributed by atoms with E-state index in [0.717, 1.165) is 32.5 Å². The van der Waals surface area contributed by atoms with Crippen molar-refractivity contribution in [3.8, 4) is 0 Å². The van der Waals surface area contributed by atoms with Crippen molar-refractivity contribution < 1.29 is 9.84 Å². The SMILES string of the molecule is C[C@@H]1CN(CCCC(C)(CO)NC2CC2)C[C@H](C)O1. The van der Waals surface area contributed by atoms with E-state index in [0.29, 0.717) is 18.2 Å². The quantitative estimate of drug-likeness (QED) is 0.733. The summed E-state index contributed by atoms with van der Waals surface area (Å²) in [4.78, 5) is 2.49. The Morgan fingerprint density at radius 2 is 1.89 bits per heavy atom. The molecule has 0 spiro atoms. The number of rotatable bonds is 7. The van der Waals surface area contributed by atoms with Crippen molar-refractivity contribution in [3.05, 3.63) is 0 Å². The topological polar surface area (TPSA) is 44.7 Å². The highest BCUT2D eigenvalue weighted by Gasteiger charge is 2.32. The maximum atomic E-state index is 9.59. The van der Waals surface area contributed by atoms with Gasteiger partial charge in [0.2, 0.25) is 0 Å². The van der Waals surface area contributed by atoms with Gasteiger partial charge in [0.15, 0.2) is 0 Å². The molecule has 112 valence electrons. The summed E-state index contributed by atoms with van der Waals surface area (Å²) < 4.78 is 5.75. The third kappa shape index (κ3) is 5.03. The molecule has 2 fully saturated rings. The van der Waals surface area contributed by atoms with Crippen molar-refractivity contribution >= 4 is 0 Å². The van der Waals surface area contributed by atoms with Crippen LogP contribution in [0.4, 0.5) is 0 Å². The Bertz CT molecular complexity index is 273. The van der Waals surface area contributed by atoms with Crippen molar-refractivity contribution in [2.24, 2.45) is 0 Å². The lowest BCUT2D eigenvalue weighted by atomic mass is 9.96. The van der Waals surface area contributed by atoms with Crippen molar-refractivity contribution in [3.63, 3.8) is 0 Å². The van der Waals surface area contributed by atoms with Gasteiger partial charge < -0.3 is 15.2 Å². The molecule has 0 radical (unpaired) electrons. The molecular weight excluding hydrogens is 240 g/mol. The fourth-order valence-corrected chi connectivity index (χ4v) is 3.08. The summed E-state index contributed by atoms with van der Waals surface area (Å²) in [5.41, 5.74) is -0.0926. The molecule has 0 aromatic carbocycles. The van der Waals surface area contributed by atoms with Crippen LogP contribution in [0.3, 0.4) is 0 Å². The molecule has 1 heterocycles. The first kappa shape index (κ1) is 15.2. The second-order valence-corrected chi connectivity index (χ2v) is 6.76. The second kappa shape index (κ2) is 6.53. The molecule has 0 aromatic heterocycles. The number of ether oxygens (including phenoxy) is 1. The van der Waals surface area contributed by atoms with E-state index < -0.39 is 0 Å². The molecule has 4 nitrogen and oxygen atoms in total. The maximum absolute atomic E-state index is 9.59. The highest BCUT2D eigenvalue weighted by atomic mass is 16.5. The summed E-state index contributed by atoms with van der Waals surface area (Å²) in [6.07, 6.45) is 5.41. The van der Waals surface area contributed by atoms with Gasteiger partial charge in [-0.2, -0.15) is 0 Å². The average Bonchev–Trinajstić information content (AvgIpc) is 3.11. The molecule has 2 rings (SSSR count). The van der Waals surface area contributed by atoms with Gasteiger partial charge in [0.1, 0.15) is 0 Å². The van der Waals surface area contributed by atoms with E-state index in [4.69, 9.17) is 4.74 Å². The van der Waals surface area contributed by atoms with Crippen molar-refractivity contribution in [1.29, 1.82) is 0 Å². The highest BCUT2D eigenvalue weighted by molar-refractivity contribution is 4.92. The first-order valence-corrected chi connectivity index (χ1v) is 7.77. The molecule has 0 aromatic rings. The molecule has 1 aliphatic carbocycles. The van der Waals surface area contributed by atoms with Crippen LogP contribution in [-0.4, -0.2) is 60.0 Å². The predicted octanol–water partition coefficient (Wildman–Crippen LogP) is 1.38. The van der Waals surface area contributed by atoms with Crippen LogP contribution in [0, 0.1) is 0 Å². The van der Waals surface area contributed by atoms with Crippen LogP contribution in [0.1, 0.15) is 46.5 Å². The van der Waals surface area contributed by atoms with E-state index in [2.05, 4.69) is 31.0 Å². The lowest BCUT2D eigenvalue weighted by molar-refractivity contribution is -0.0685. The summed E-state index contributed by atoms with van der Waals surface area (Å²) in [6, 6.07) is 0.653. The van der Waals surface area contributed by atoms with E-state index in [-0.39, 0.29) is 12.1 Å². The van der Waals surface area contributed by atoms with Gasteiger partial charge in [0.05, 0.1) is 18.8 Å². The van der Waals surface area contributed by atoms with E-state index in [1.807, 2.05) is 0 Å². The molecule has 4 heteroatoms. The van der Waals surface area contributed by atoms with Gasteiger partial charge in [0.25, 0.3) is 0 Å². The van der Waals surface area contributed by atoms with E-state index in [1.165, 1.54) is 12.8 Å². The number of aliphatic hydroxyl groups excluding tert-OH is 1. The van der Waals surface area contributed by atoms with E-state index >= 15 is 0 Å². The zero-order chi connectivity index (χ0) is 13.9. The Morgan fingerprint density at radius 1 is 1.26 bits per heavy atom. The fourth-order valence-electron chi connectivity index (χ4n) is 3.08. The van der Waals surface area contributed by atoms with Gasteiger partial charge in [-0.1, -0.05) is 0 Å². The Hall–Kier alpha value is -0.160. The Kier molecular flexibility index (Phi) is 5.23. The lowest BCUT2D eigenvalue weighted by Gasteiger charge is -2.36. The molecular formula is C15H30N2O2. The Morgan fingerprint density at radius 3 is 2.42 bits per heavy atom. The normalized spacial score (nSPS) is 32.2. The summed E-state index contributed by atoms with van der Waals surface area (Å²) in [5, 5.41) is 13.2. The summed E-state index contributed by atoms with van der Waals surface area (Å²) in [5.74, 6) is 0. The van der Waals surface area contributed by atoms with Crippen LogP contribution < -0.4 is 5.32 Å². The average molecular weight is 270 g/mol. The molecule has 1 saturated carbocycles. The smallest absolute Gasteiger partial charge is 0.0678 e. The number of nitrogens with zero attached hydrogens (tertiary/aromatic N) is 1. The largest absolute Gasteiger partial charge is 0.394 e. The second-order valence-electron chi connectivity index (χ2n) is 6.76. The zero-order valence-electron chi connectivity index (χ0n) is 12.7. The zero-order valence-corrected chi connectivity index (χ0v) is 12.7. The third-order valence-corrected chi connectivity index (χ3v) is 4.18. The van der Waals surface area contributed by atoms with Crippen LogP contribution >= 0.6 is 0 Å². The first-order chi connectivity index (χ1) is 9.00. The summed E-state index contributed by atoms with van der Waals surface area (Å²) in [6.45, 7) is 9.87. The molecule has 0 amide bonds. The minimum Gasteiger partial charge on any atom is -0.394 e. The van der Waals surface area contributed by atoms with Crippen LogP contribution in [-0.2, 0) is 4.74 Å². The number of aliphatic hydroxyl groups is 1. The van der Waals surface area contributed by atoms with Crippen molar-refractivity contribution in [1.82, 2.24) is 10.2 Å². The minimum atomic E-state index is -0.0926. The molecule has 1 saturated heterocycles. The first-order valence-electron chi connectivity index (χ1n) is 7.77. The van der Waals surface area contributed by atoms with Gasteiger partial charge in [0, 0.05) is 24.7 Å². The number of hydrogen-bond acceptors (Lipinski definition) is 4. The number of hydrogen-bond donors (Lipinski definition) is 2. The number of morpholine rings is 1. The maximum Gasteiger partial charge on any atom is 0.0678 e. The Labute approximate surface area is 117 Å². The van der Waals surface area contributed by atoms with Crippen LogP contribution in [0.25, 0.3) is 0 Å². The molecule has 1 unspecified atom stereocenters. The molecule has 1 aliphatic heterocycles. The molecule has 2 aliphatic rings. The molecule has 2 N–H and O–H groups in total. The van der Waals surface area contributed by atoms with Crippen LogP contribution in [0.2, 0.25) is 0 Å².